The summed E-state index contributed by atoms with van der Waals surface area (Å²) in [6.45, 7) is 7.72. The van der Waals surface area contributed by atoms with Crippen molar-refractivity contribution in [3.63, 3.8) is 0 Å². The predicted octanol–water partition coefficient (Wildman–Crippen LogP) is 2.19. The summed E-state index contributed by atoms with van der Waals surface area (Å²) in [7, 11) is 1.73. The third kappa shape index (κ3) is 4.55. The van der Waals surface area contributed by atoms with Gasteiger partial charge in [-0.25, -0.2) is 0 Å². The molecule has 0 N–H and O–H groups in total. The first-order chi connectivity index (χ1) is 10.6. The highest BCUT2D eigenvalue weighted by Crippen LogP contribution is 2.17. The Kier molecular flexibility index (Phi) is 6.40. The molecule has 0 aliphatic carbocycles. The summed E-state index contributed by atoms with van der Waals surface area (Å²) in [4.78, 5) is 16.9. The van der Waals surface area contributed by atoms with Crippen LogP contribution in [0.4, 0.5) is 0 Å². The van der Waals surface area contributed by atoms with Crippen molar-refractivity contribution in [2.75, 3.05) is 33.4 Å². The second-order valence-corrected chi connectivity index (χ2v) is 6.21. The van der Waals surface area contributed by atoms with Crippen LogP contribution in [0.2, 0.25) is 0 Å². The molecular weight excluding hydrogens is 276 g/mol. The number of piperazine rings is 1. The highest BCUT2D eigenvalue weighted by molar-refractivity contribution is 5.76. The van der Waals surface area contributed by atoms with Gasteiger partial charge in [-0.2, -0.15) is 0 Å². The van der Waals surface area contributed by atoms with Crippen LogP contribution in [0.3, 0.4) is 0 Å². The lowest BCUT2D eigenvalue weighted by molar-refractivity contribution is -0.135. The molecule has 0 spiro atoms. The number of hydrogen-bond donors (Lipinski definition) is 0. The summed E-state index contributed by atoms with van der Waals surface area (Å²) in [5.41, 5.74) is 1.23. The van der Waals surface area contributed by atoms with Gasteiger partial charge in [-0.05, 0) is 25.8 Å². The Balaban J connectivity index is 1.84. The van der Waals surface area contributed by atoms with Crippen molar-refractivity contribution in [2.45, 2.75) is 38.8 Å². The molecule has 1 fully saturated rings. The fraction of sp³-hybridized carbons (Fsp3) is 0.611. The molecule has 1 aliphatic rings. The minimum absolute atomic E-state index is 0.272. The molecule has 2 atom stereocenters. The second-order valence-electron chi connectivity index (χ2n) is 6.21. The molecule has 4 heteroatoms. The summed E-state index contributed by atoms with van der Waals surface area (Å²) >= 11 is 0. The van der Waals surface area contributed by atoms with Crippen LogP contribution in [0.1, 0.15) is 25.8 Å². The topological polar surface area (TPSA) is 32.8 Å². The van der Waals surface area contributed by atoms with Gasteiger partial charge in [-0.15, -0.1) is 0 Å². The quantitative estimate of drug-likeness (QED) is 0.807. The summed E-state index contributed by atoms with van der Waals surface area (Å²) in [5.74, 6) is 0.272. The number of carbonyl (C=O) groups is 1. The number of ether oxygens (including phenoxy) is 1. The van der Waals surface area contributed by atoms with Crippen molar-refractivity contribution in [3.05, 3.63) is 35.9 Å². The smallest absolute Gasteiger partial charge is 0.223 e. The van der Waals surface area contributed by atoms with Gasteiger partial charge in [0.2, 0.25) is 5.91 Å². The number of hydrogen-bond acceptors (Lipinski definition) is 3. The molecule has 22 heavy (non-hydrogen) atoms. The monoisotopic (exact) mass is 304 g/mol. The molecule has 122 valence electrons. The molecule has 2 rings (SSSR count). The molecule has 1 aromatic rings. The van der Waals surface area contributed by atoms with Crippen molar-refractivity contribution in [2.24, 2.45) is 0 Å². The van der Waals surface area contributed by atoms with Gasteiger partial charge >= 0.3 is 0 Å². The van der Waals surface area contributed by atoms with E-state index in [1.54, 1.807) is 7.11 Å². The molecule has 1 amide bonds. The first kappa shape index (κ1) is 17.0. The molecule has 1 aliphatic heterocycles. The van der Waals surface area contributed by atoms with Crippen molar-refractivity contribution in [1.82, 2.24) is 9.80 Å². The minimum Gasteiger partial charge on any atom is -0.383 e. The van der Waals surface area contributed by atoms with Crippen LogP contribution < -0.4 is 0 Å². The van der Waals surface area contributed by atoms with E-state index in [2.05, 4.69) is 30.9 Å². The zero-order valence-corrected chi connectivity index (χ0v) is 14.0. The molecule has 0 bridgehead atoms. The zero-order chi connectivity index (χ0) is 15.9. The van der Waals surface area contributed by atoms with Gasteiger partial charge in [0.05, 0.1) is 6.61 Å². The number of methoxy groups -OCH3 is 1. The maximum Gasteiger partial charge on any atom is 0.223 e. The SMILES string of the molecule is COCCN1C(C)CN(C(=O)CCc2ccccc2)CC1C. The Labute approximate surface area is 134 Å². The Bertz CT molecular complexity index is 451. The van der Waals surface area contributed by atoms with E-state index in [0.29, 0.717) is 18.5 Å². The van der Waals surface area contributed by atoms with Gasteiger partial charge in [0.15, 0.2) is 0 Å². The number of rotatable bonds is 6. The highest BCUT2D eigenvalue weighted by Gasteiger charge is 2.31. The van der Waals surface area contributed by atoms with Gasteiger partial charge < -0.3 is 9.64 Å². The second kappa shape index (κ2) is 8.30. The fourth-order valence-electron chi connectivity index (χ4n) is 3.25. The number of amides is 1. The summed E-state index contributed by atoms with van der Waals surface area (Å²) in [6, 6.07) is 11.0. The average molecular weight is 304 g/mol. The Hall–Kier alpha value is -1.39. The van der Waals surface area contributed by atoms with Gasteiger partial charge in [0.25, 0.3) is 0 Å². The number of carbonyl (C=O) groups excluding carboxylic acids is 1. The van der Waals surface area contributed by atoms with Gasteiger partial charge in [-0.3, -0.25) is 9.69 Å². The lowest BCUT2D eigenvalue weighted by atomic mass is 10.1. The summed E-state index contributed by atoms with van der Waals surface area (Å²) in [6.07, 6.45) is 1.42. The van der Waals surface area contributed by atoms with E-state index in [1.165, 1.54) is 5.56 Å². The normalized spacial score (nSPS) is 22.8. The van der Waals surface area contributed by atoms with Crippen LogP contribution in [0.5, 0.6) is 0 Å². The molecule has 4 nitrogen and oxygen atoms in total. The first-order valence-corrected chi connectivity index (χ1v) is 8.18. The van der Waals surface area contributed by atoms with E-state index in [0.717, 1.165) is 32.7 Å². The third-order valence-electron chi connectivity index (χ3n) is 4.48. The van der Waals surface area contributed by atoms with Crippen LogP contribution in [0.15, 0.2) is 30.3 Å². The number of benzene rings is 1. The Morgan fingerprint density at radius 1 is 1.18 bits per heavy atom. The maximum atomic E-state index is 12.5. The van der Waals surface area contributed by atoms with E-state index in [1.807, 2.05) is 23.1 Å². The molecule has 1 saturated heterocycles. The van der Waals surface area contributed by atoms with Crippen molar-refractivity contribution in [1.29, 1.82) is 0 Å². The summed E-state index contributed by atoms with van der Waals surface area (Å²) < 4.78 is 5.18. The van der Waals surface area contributed by atoms with E-state index in [4.69, 9.17) is 4.74 Å². The van der Waals surface area contributed by atoms with E-state index in [9.17, 15) is 4.79 Å². The average Bonchev–Trinajstić information content (AvgIpc) is 2.52. The molecule has 2 unspecified atom stereocenters. The number of nitrogens with zero attached hydrogens (tertiary/aromatic N) is 2. The molecule has 1 heterocycles. The van der Waals surface area contributed by atoms with Gasteiger partial charge in [0, 0.05) is 45.2 Å². The van der Waals surface area contributed by atoms with Crippen LogP contribution in [-0.4, -0.2) is 61.1 Å². The number of aryl methyl sites for hydroxylation is 1. The van der Waals surface area contributed by atoms with Crippen LogP contribution in [-0.2, 0) is 16.0 Å². The lowest BCUT2D eigenvalue weighted by Gasteiger charge is -2.44. The lowest BCUT2D eigenvalue weighted by Crippen LogP contribution is -2.58. The Morgan fingerprint density at radius 2 is 1.82 bits per heavy atom. The standard InChI is InChI=1S/C18H28N2O2/c1-15-13-19(14-16(2)20(15)11-12-22-3)18(21)10-9-17-7-5-4-6-8-17/h4-8,15-16H,9-14H2,1-3H3. The van der Waals surface area contributed by atoms with E-state index < -0.39 is 0 Å². The van der Waals surface area contributed by atoms with Crippen LogP contribution in [0.25, 0.3) is 0 Å². The molecular formula is C18H28N2O2. The minimum atomic E-state index is 0.272. The first-order valence-electron chi connectivity index (χ1n) is 8.18. The molecule has 1 aromatic carbocycles. The van der Waals surface area contributed by atoms with Gasteiger partial charge in [0.1, 0.15) is 0 Å². The molecule has 0 radical (unpaired) electrons. The van der Waals surface area contributed by atoms with E-state index in [-0.39, 0.29) is 5.91 Å². The molecule has 0 saturated carbocycles. The van der Waals surface area contributed by atoms with Crippen LogP contribution >= 0.6 is 0 Å². The van der Waals surface area contributed by atoms with Gasteiger partial charge in [-0.1, -0.05) is 30.3 Å². The van der Waals surface area contributed by atoms with Crippen molar-refractivity contribution >= 4 is 5.91 Å². The fourth-order valence-corrected chi connectivity index (χ4v) is 3.25. The maximum absolute atomic E-state index is 12.5. The highest BCUT2D eigenvalue weighted by atomic mass is 16.5. The van der Waals surface area contributed by atoms with Crippen molar-refractivity contribution < 1.29 is 9.53 Å². The van der Waals surface area contributed by atoms with E-state index >= 15 is 0 Å². The summed E-state index contributed by atoms with van der Waals surface area (Å²) in [5, 5.41) is 0. The predicted molar refractivity (Wildman–Crippen MR) is 88.8 cm³/mol. The Morgan fingerprint density at radius 3 is 2.41 bits per heavy atom. The zero-order valence-electron chi connectivity index (χ0n) is 14.0. The van der Waals surface area contributed by atoms with Crippen LogP contribution in [0, 0.1) is 0 Å². The third-order valence-corrected chi connectivity index (χ3v) is 4.48. The molecule has 0 aromatic heterocycles. The largest absolute Gasteiger partial charge is 0.383 e. The van der Waals surface area contributed by atoms with Crippen molar-refractivity contribution in [3.8, 4) is 0 Å².